The predicted molar refractivity (Wildman–Crippen MR) is 96.0 cm³/mol. The zero-order valence-electron chi connectivity index (χ0n) is 13.6. The molecule has 3 rings (SSSR count). The molecule has 1 aliphatic rings. The van der Waals surface area contributed by atoms with E-state index in [9.17, 15) is 0 Å². The van der Waals surface area contributed by atoms with Crippen molar-refractivity contribution in [3.05, 3.63) is 70.2 Å². The maximum Gasteiger partial charge on any atom is 0.0991 e. The summed E-state index contributed by atoms with van der Waals surface area (Å²) < 4.78 is 5.57. The zero-order chi connectivity index (χ0) is 16.8. The van der Waals surface area contributed by atoms with E-state index in [4.69, 9.17) is 21.6 Å². The van der Waals surface area contributed by atoms with E-state index in [2.05, 4.69) is 23.5 Å². The van der Waals surface area contributed by atoms with Crippen LogP contribution in [0.2, 0.25) is 5.02 Å². The van der Waals surface area contributed by atoms with Crippen LogP contribution in [0, 0.1) is 11.3 Å². The van der Waals surface area contributed by atoms with E-state index in [0.29, 0.717) is 5.56 Å². The van der Waals surface area contributed by atoms with E-state index in [1.165, 1.54) is 11.1 Å². The molecule has 1 heterocycles. The summed E-state index contributed by atoms with van der Waals surface area (Å²) >= 11 is 6.48. The van der Waals surface area contributed by atoms with Crippen molar-refractivity contribution in [3.8, 4) is 6.07 Å². The summed E-state index contributed by atoms with van der Waals surface area (Å²) in [5, 5.41) is 13.3. The average Bonchev–Trinajstić information content (AvgIpc) is 2.63. The van der Waals surface area contributed by atoms with Crippen molar-refractivity contribution in [2.75, 3.05) is 19.8 Å². The first-order chi connectivity index (χ1) is 11.7. The summed E-state index contributed by atoms with van der Waals surface area (Å²) in [4.78, 5) is 0. The molecule has 1 N–H and O–H groups in total. The lowest BCUT2D eigenvalue weighted by Crippen LogP contribution is -2.42. The van der Waals surface area contributed by atoms with E-state index >= 15 is 0 Å². The molecule has 4 heteroatoms. The minimum Gasteiger partial charge on any atom is -0.381 e. The topological polar surface area (TPSA) is 45.0 Å². The second kappa shape index (κ2) is 7.81. The summed E-state index contributed by atoms with van der Waals surface area (Å²) in [6.45, 7) is 3.17. The smallest absolute Gasteiger partial charge is 0.0991 e. The molecule has 0 atom stereocenters. The fourth-order valence-electron chi connectivity index (χ4n) is 3.34. The second-order valence-corrected chi connectivity index (χ2v) is 6.69. The molecule has 3 nitrogen and oxygen atoms in total. The van der Waals surface area contributed by atoms with E-state index in [1.807, 2.05) is 36.4 Å². The van der Waals surface area contributed by atoms with E-state index in [0.717, 1.165) is 44.2 Å². The first kappa shape index (κ1) is 17.0. The van der Waals surface area contributed by atoms with E-state index in [-0.39, 0.29) is 5.41 Å². The van der Waals surface area contributed by atoms with Crippen molar-refractivity contribution in [2.24, 2.45) is 0 Å². The predicted octanol–water partition coefficient (Wildman–Crippen LogP) is 4.05. The summed E-state index contributed by atoms with van der Waals surface area (Å²) in [7, 11) is 0. The normalized spacial score (nSPS) is 16.5. The van der Waals surface area contributed by atoms with Crippen LogP contribution in [0.1, 0.15) is 29.5 Å². The Morgan fingerprint density at radius 3 is 2.46 bits per heavy atom. The number of ether oxygens (including phenoxy) is 1. The molecule has 2 aromatic carbocycles. The van der Waals surface area contributed by atoms with Gasteiger partial charge in [-0.25, -0.2) is 0 Å². The number of halogens is 1. The van der Waals surface area contributed by atoms with Crippen LogP contribution in [0.5, 0.6) is 0 Å². The summed E-state index contributed by atoms with van der Waals surface area (Å²) in [6.07, 6.45) is 1.94. The molecule has 124 valence electrons. The summed E-state index contributed by atoms with van der Waals surface area (Å²) in [5.41, 5.74) is 3.09. The lowest BCUT2D eigenvalue weighted by atomic mass is 9.74. The van der Waals surface area contributed by atoms with Crippen molar-refractivity contribution in [2.45, 2.75) is 24.8 Å². The van der Waals surface area contributed by atoms with Crippen LogP contribution >= 0.6 is 11.6 Å². The lowest BCUT2D eigenvalue weighted by Gasteiger charge is -2.38. The Bertz CT molecular complexity index is 715. The van der Waals surface area contributed by atoms with Crippen molar-refractivity contribution < 1.29 is 4.74 Å². The fourth-order valence-corrected chi connectivity index (χ4v) is 3.67. The van der Waals surface area contributed by atoms with E-state index in [1.54, 1.807) is 0 Å². The minimum atomic E-state index is 0.0171. The van der Waals surface area contributed by atoms with Crippen LogP contribution in [0.15, 0.2) is 48.5 Å². The molecule has 0 bridgehead atoms. The highest BCUT2D eigenvalue weighted by Crippen LogP contribution is 2.38. The van der Waals surface area contributed by atoms with Crippen molar-refractivity contribution in [1.29, 1.82) is 5.26 Å². The van der Waals surface area contributed by atoms with Gasteiger partial charge in [-0.2, -0.15) is 5.26 Å². The largest absolute Gasteiger partial charge is 0.381 e. The minimum absolute atomic E-state index is 0.0171. The Hall–Kier alpha value is -1.86. The van der Waals surface area contributed by atoms with Crippen LogP contribution in [0.3, 0.4) is 0 Å². The Morgan fingerprint density at radius 2 is 1.79 bits per heavy atom. The summed E-state index contributed by atoms with van der Waals surface area (Å²) in [6, 6.07) is 18.0. The number of hydrogen-bond acceptors (Lipinski definition) is 3. The van der Waals surface area contributed by atoms with Gasteiger partial charge in [0.15, 0.2) is 0 Å². The van der Waals surface area contributed by atoms with Gasteiger partial charge in [-0.1, -0.05) is 41.9 Å². The lowest BCUT2D eigenvalue weighted by molar-refractivity contribution is 0.0498. The molecule has 1 saturated heterocycles. The average molecular weight is 341 g/mol. The third-order valence-corrected chi connectivity index (χ3v) is 5.10. The van der Waals surface area contributed by atoms with Gasteiger partial charge in [-0.05, 0) is 42.2 Å². The second-order valence-electron chi connectivity index (χ2n) is 6.28. The van der Waals surface area contributed by atoms with Crippen molar-refractivity contribution >= 4 is 11.6 Å². The van der Waals surface area contributed by atoms with Gasteiger partial charge in [0.25, 0.3) is 0 Å². The number of hydrogen-bond donors (Lipinski definition) is 1. The Labute approximate surface area is 148 Å². The highest BCUT2D eigenvalue weighted by atomic mass is 35.5. The molecule has 2 aromatic rings. The van der Waals surface area contributed by atoms with Gasteiger partial charge in [0, 0.05) is 36.7 Å². The van der Waals surface area contributed by atoms with Gasteiger partial charge in [0.2, 0.25) is 0 Å². The standard InChI is InChI=1S/C20H21ClN2O/c21-19-4-2-1-3-18(19)20(9-11-24-12-10-20)15-23-14-17-7-5-16(13-22)6-8-17/h1-8,23H,9-12,14-15H2. The molecule has 0 amide bonds. The maximum absolute atomic E-state index is 8.87. The molecule has 0 spiro atoms. The first-order valence-corrected chi connectivity index (χ1v) is 8.64. The highest BCUT2D eigenvalue weighted by molar-refractivity contribution is 6.31. The van der Waals surface area contributed by atoms with Crippen molar-refractivity contribution in [3.63, 3.8) is 0 Å². The van der Waals surface area contributed by atoms with Crippen molar-refractivity contribution in [1.82, 2.24) is 5.32 Å². The molecule has 1 fully saturated rings. The van der Waals surface area contributed by atoms with Gasteiger partial charge in [-0.15, -0.1) is 0 Å². The highest BCUT2D eigenvalue weighted by Gasteiger charge is 2.35. The number of benzene rings is 2. The third kappa shape index (κ3) is 3.79. The number of nitriles is 1. The quantitative estimate of drug-likeness (QED) is 0.893. The molecule has 0 saturated carbocycles. The van der Waals surface area contributed by atoms with Crippen LogP contribution in [-0.2, 0) is 16.7 Å². The molecule has 0 unspecified atom stereocenters. The van der Waals surface area contributed by atoms with Gasteiger partial charge in [-0.3, -0.25) is 0 Å². The Kier molecular flexibility index (Phi) is 5.52. The molecular weight excluding hydrogens is 320 g/mol. The molecule has 0 radical (unpaired) electrons. The van der Waals surface area contributed by atoms with Crippen LogP contribution < -0.4 is 5.32 Å². The molecular formula is C20H21ClN2O. The third-order valence-electron chi connectivity index (χ3n) is 4.77. The zero-order valence-corrected chi connectivity index (χ0v) is 14.4. The molecule has 24 heavy (non-hydrogen) atoms. The monoisotopic (exact) mass is 340 g/mol. The van der Waals surface area contributed by atoms with Gasteiger partial charge >= 0.3 is 0 Å². The Morgan fingerprint density at radius 1 is 1.08 bits per heavy atom. The number of rotatable bonds is 5. The van der Waals surface area contributed by atoms with Crippen LogP contribution in [0.4, 0.5) is 0 Å². The van der Waals surface area contributed by atoms with Crippen LogP contribution in [0.25, 0.3) is 0 Å². The van der Waals surface area contributed by atoms with Gasteiger partial charge < -0.3 is 10.1 Å². The first-order valence-electron chi connectivity index (χ1n) is 8.26. The van der Waals surface area contributed by atoms with E-state index < -0.39 is 0 Å². The number of nitrogens with zero attached hydrogens (tertiary/aromatic N) is 1. The fraction of sp³-hybridized carbons (Fsp3) is 0.350. The van der Waals surface area contributed by atoms with Crippen LogP contribution in [-0.4, -0.2) is 19.8 Å². The number of nitrogens with one attached hydrogen (secondary N) is 1. The molecule has 1 aliphatic heterocycles. The maximum atomic E-state index is 8.87. The Balaban J connectivity index is 1.71. The van der Waals surface area contributed by atoms with Gasteiger partial charge in [0.1, 0.15) is 0 Å². The SMILES string of the molecule is N#Cc1ccc(CNCC2(c3ccccc3Cl)CCOCC2)cc1. The molecule has 0 aromatic heterocycles. The molecule has 0 aliphatic carbocycles. The van der Waals surface area contributed by atoms with Gasteiger partial charge in [0.05, 0.1) is 11.6 Å². The summed E-state index contributed by atoms with van der Waals surface area (Å²) in [5.74, 6) is 0.